The maximum absolute atomic E-state index is 10.8. The van der Waals surface area contributed by atoms with Gasteiger partial charge in [-0.25, -0.2) is 0 Å². The Morgan fingerprint density at radius 1 is 0.312 bits per heavy atom. The van der Waals surface area contributed by atoms with Crippen molar-refractivity contribution in [3.63, 3.8) is 0 Å². The van der Waals surface area contributed by atoms with Gasteiger partial charge in [-0.15, -0.1) is 11.5 Å². The van der Waals surface area contributed by atoms with Crippen LogP contribution in [0.2, 0.25) is 0 Å². The van der Waals surface area contributed by atoms with Gasteiger partial charge in [0.05, 0.1) is 17.1 Å². The molecule has 0 fully saturated rings. The van der Waals surface area contributed by atoms with E-state index in [1.807, 2.05) is 13.1 Å². The van der Waals surface area contributed by atoms with E-state index in [9.17, 15) is 10.2 Å². The summed E-state index contributed by atoms with van der Waals surface area (Å²) in [6.07, 6.45) is 72.7. The molecule has 5 heteroatoms. The molecule has 0 spiro atoms. The van der Waals surface area contributed by atoms with Gasteiger partial charge in [-0.1, -0.05) is 353 Å². The number of hydrogen-bond acceptors (Lipinski definition) is 4. The van der Waals surface area contributed by atoms with Crippen LogP contribution in [0, 0.1) is 0 Å². The van der Waals surface area contributed by atoms with Crippen LogP contribution < -0.4 is 10.2 Å². The van der Waals surface area contributed by atoms with E-state index in [2.05, 4.69) is 69.3 Å². The van der Waals surface area contributed by atoms with Crippen LogP contribution in [-0.4, -0.2) is 11.9 Å². The molecule has 0 saturated heterocycles. The molecular weight excluding hydrogens is 1020 g/mol. The van der Waals surface area contributed by atoms with Gasteiger partial charge in [0.1, 0.15) is 0 Å². The quantitative estimate of drug-likeness (QED) is 0.0321. The van der Waals surface area contributed by atoms with E-state index in [0.29, 0.717) is 0 Å². The van der Waals surface area contributed by atoms with E-state index in [-0.39, 0.29) is 16.5 Å². The van der Waals surface area contributed by atoms with Crippen LogP contribution in [0.5, 0.6) is 11.5 Å². The van der Waals surface area contributed by atoms with Crippen molar-refractivity contribution in [1.82, 2.24) is 0 Å². The molecule has 0 N–H and O–H groups in total. The minimum atomic E-state index is -0.412. The average molecular weight is 1150 g/mol. The molecule has 0 unspecified atom stereocenters. The van der Waals surface area contributed by atoms with Crippen LogP contribution in [0.25, 0.3) is 0 Å². The predicted molar refractivity (Wildman–Crippen MR) is 349 cm³/mol. The van der Waals surface area contributed by atoms with Crippen molar-refractivity contribution < 1.29 is 26.7 Å². The minimum absolute atomic E-state index is 0. The molecule has 0 atom stereocenters. The average Bonchev–Trinajstić information content (AvgIpc) is 3.46. The number of aliphatic imine (C=N–C) groups is 2. The van der Waals surface area contributed by atoms with Crippen molar-refractivity contribution in [2.24, 2.45) is 9.98 Å². The van der Waals surface area contributed by atoms with E-state index < -0.39 is 11.5 Å². The van der Waals surface area contributed by atoms with Crippen molar-refractivity contribution in [1.29, 1.82) is 0 Å². The van der Waals surface area contributed by atoms with Crippen LogP contribution in [0.4, 0.5) is 11.4 Å². The number of hydrogen-bond donors (Lipinski definition) is 0. The van der Waals surface area contributed by atoms with Crippen LogP contribution in [0.3, 0.4) is 0 Å². The zero-order chi connectivity index (χ0) is 56.6. The molecule has 0 amide bonds. The fourth-order valence-electron chi connectivity index (χ4n) is 11.3. The van der Waals surface area contributed by atoms with Crippen molar-refractivity contribution in [3.05, 3.63) is 83.4 Å². The first-order chi connectivity index (χ1) is 39.0. The molecular formula is C75H126N2NiO2. The van der Waals surface area contributed by atoms with E-state index in [0.717, 1.165) is 61.2 Å². The zero-order valence-electron chi connectivity index (χ0n) is 53.0. The molecule has 0 aliphatic carbocycles. The molecule has 3 rings (SSSR count). The zero-order valence-corrected chi connectivity index (χ0v) is 54.0. The second-order valence-electron chi connectivity index (χ2n) is 24.2. The van der Waals surface area contributed by atoms with Gasteiger partial charge >= 0.3 is 16.5 Å². The fraction of sp³-hybridized carbons (Fsp3) is 0.733. The topological polar surface area (TPSA) is 70.8 Å². The molecule has 80 heavy (non-hydrogen) atoms. The van der Waals surface area contributed by atoms with Crippen LogP contribution >= 0.6 is 0 Å². The van der Waals surface area contributed by atoms with Gasteiger partial charge in [0.2, 0.25) is 0 Å². The van der Waals surface area contributed by atoms with Gasteiger partial charge < -0.3 is 10.2 Å². The SMILES string of the molecule is CCCCCCCCCCCCCCCCCCCCCCCCc1cccc(N=CC(CCCC)=Nc2cccc(CCCCCCCCCCCCCCCCCCCCCCCC)c2)c1.CCCc1ccc([O-])c([O-])c1.[Ni+2]. The Morgan fingerprint density at radius 3 is 0.963 bits per heavy atom. The summed E-state index contributed by atoms with van der Waals surface area (Å²) in [6.45, 7) is 8.92. The number of benzene rings is 3. The molecule has 0 radical (unpaired) electrons. The fourth-order valence-corrected chi connectivity index (χ4v) is 11.3. The normalized spacial score (nSPS) is 11.6. The van der Waals surface area contributed by atoms with Gasteiger partial charge in [0.15, 0.2) is 0 Å². The maximum atomic E-state index is 10.8. The van der Waals surface area contributed by atoms with E-state index in [1.165, 1.54) is 312 Å². The molecule has 3 aromatic rings. The first-order valence-corrected chi connectivity index (χ1v) is 34.7. The predicted octanol–water partition coefficient (Wildman–Crippen LogP) is 24.4. The summed E-state index contributed by atoms with van der Waals surface area (Å²) in [5.74, 6) is -0.805. The van der Waals surface area contributed by atoms with E-state index in [1.54, 1.807) is 6.07 Å². The van der Waals surface area contributed by atoms with Crippen LogP contribution in [0.1, 0.15) is 353 Å². The minimum Gasteiger partial charge on any atom is -0.873 e. The summed E-state index contributed by atoms with van der Waals surface area (Å²) in [6, 6.07) is 22.4. The second kappa shape index (κ2) is 57.9. The first-order valence-electron chi connectivity index (χ1n) is 34.7. The summed E-state index contributed by atoms with van der Waals surface area (Å²) >= 11 is 0. The van der Waals surface area contributed by atoms with Crippen molar-refractivity contribution in [2.45, 2.75) is 355 Å². The van der Waals surface area contributed by atoms with Crippen LogP contribution in [-0.2, 0) is 35.8 Å². The number of nitrogens with zero attached hydrogens (tertiary/aromatic N) is 2. The van der Waals surface area contributed by atoms with E-state index in [4.69, 9.17) is 9.98 Å². The monoisotopic (exact) mass is 1140 g/mol. The Hall–Kier alpha value is -2.91. The third-order valence-corrected chi connectivity index (χ3v) is 16.4. The molecule has 0 heterocycles. The smallest absolute Gasteiger partial charge is 0.873 e. The number of unbranched alkanes of at least 4 members (excludes halogenated alkanes) is 43. The summed E-state index contributed by atoms with van der Waals surface area (Å²) in [7, 11) is 0. The van der Waals surface area contributed by atoms with E-state index >= 15 is 0 Å². The Balaban J connectivity index is 0.00000236. The Kier molecular flexibility index (Phi) is 54.3. The molecule has 0 aromatic heterocycles. The third-order valence-electron chi connectivity index (χ3n) is 16.4. The molecule has 0 bridgehead atoms. The van der Waals surface area contributed by atoms with Crippen molar-refractivity contribution in [3.8, 4) is 11.5 Å². The molecule has 0 saturated carbocycles. The van der Waals surface area contributed by atoms with Gasteiger partial charge in [-0.2, -0.15) is 0 Å². The summed E-state index contributed by atoms with van der Waals surface area (Å²) < 4.78 is 0. The standard InChI is InChI=1S/C66H116N2.C9H12O2.Ni/c1-4-7-10-12-14-16-18-20-22-24-26-28-30-32-34-36-38-40-42-44-46-48-52-62-54-50-57-64(59-62)67-61-66(56-9-6-3)68-65-58-51-55-63(60-65)53-49-47-45-43-41-39-37-35-33-31-29-27-25-23-21-19-17-15-13-11-8-5-2;1-2-3-7-4-5-8(10)9(11)6-7;/h50-51,54-55,57-61H,4-49,52-53,56H2,1-3H3;4-6,10-11H,2-3H2,1H3;/q;;+2/p-2. The van der Waals surface area contributed by atoms with Crippen LogP contribution in [0.15, 0.2) is 76.7 Å². The molecule has 3 aromatic carbocycles. The Labute approximate surface area is 507 Å². The van der Waals surface area contributed by atoms with Crippen molar-refractivity contribution in [2.75, 3.05) is 0 Å². The Bertz CT molecular complexity index is 1840. The number of aryl methyl sites for hydroxylation is 3. The molecule has 4 nitrogen and oxygen atoms in total. The van der Waals surface area contributed by atoms with Gasteiger partial charge in [0.25, 0.3) is 0 Å². The van der Waals surface area contributed by atoms with Crippen molar-refractivity contribution >= 4 is 23.3 Å². The summed E-state index contributed by atoms with van der Waals surface area (Å²) in [5.41, 5.74) is 7.04. The Morgan fingerprint density at radius 2 is 0.625 bits per heavy atom. The molecule has 0 aliphatic rings. The third kappa shape index (κ3) is 46.6. The molecule has 458 valence electrons. The van der Waals surface area contributed by atoms with Gasteiger partial charge in [0, 0.05) is 6.21 Å². The second-order valence-corrected chi connectivity index (χ2v) is 24.2. The molecule has 0 aliphatic heterocycles. The summed E-state index contributed by atoms with van der Waals surface area (Å²) in [4.78, 5) is 10.1. The maximum Gasteiger partial charge on any atom is 2.00 e. The van der Waals surface area contributed by atoms with Gasteiger partial charge in [-0.3, -0.25) is 9.98 Å². The first kappa shape index (κ1) is 75.1. The number of rotatable bonds is 54. The largest absolute Gasteiger partial charge is 2.00 e. The van der Waals surface area contributed by atoms with Gasteiger partial charge in [-0.05, 0) is 85.9 Å². The summed E-state index contributed by atoms with van der Waals surface area (Å²) in [5, 5.41) is 21.5.